The summed E-state index contributed by atoms with van der Waals surface area (Å²) in [5.74, 6) is -1.34. The molecule has 7 heteroatoms. The maximum absolute atomic E-state index is 12.7. The van der Waals surface area contributed by atoms with Crippen molar-refractivity contribution < 1.29 is 51.0 Å². The molecule has 0 aliphatic heterocycles. The second-order valence-electron chi connectivity index (χ2n) is 5.23. The van der Waals surface area contributed by atoms with Crippen molar-refractivity contribution in [3.05, 3.63) is 65.2 Å². The Morgan fingerprint density at radius 1 is 1.36 bits per heavy atom. The van der Waals surface area contributed by atoms with Crippen LogP contribution < -0.4 is 0 Å². The van der Waals surface area contributed by atoms with Crippen molar-refractivity contribution in [2.45, 2.75) is 41.0 Å². The number of carbonyl (C=O) groups excluding carboxylic acids is 1. The fourth-order valence-corrected chi connectivity index (χ4v) is 2.59. The molecule has 0 bridgehead atoms. The predicted octanol–water partition coefficient (Wildman–Crippen LogP) is 3.36. The van der Waals surface area contributed by atoms with Crippen LogP contribution in [0.4, 0.5) is 0 Å². The monoisotopic (exact) mass is 587 g/mol. The van der Waals surface area contributed by atoms with Crippen LogP contribution in [-0.4, -0.2) is 35.3 Å². The summed E-state index contributed by atoms with van der Waals surface area (Å²) in [6.45, 7) is 9.16. The van der Waals surface area contributed by atoms with Gasteiger partial charge >= 0.3 is 174 Å². The number of ketones is 1. The van der Waals surface area contributed by atoms with Crippen LogP contribution in [0.1, 0.15) is 50.3 Å². The van der Waals surface area contributed by atoms with Crippen molar-refractivity contribution in [1.29, 1.82) is 0 Å². The molecular weight excluding hydrogens is 563 g/mol. The number of aliphatic carboxylic acids is 1. The van der Waals surface area contributed by atoms with Crippen molar-refractivity contribution in [1.82, 2.24) is 9.78 Å². The number of allylic oxidation sites excluding steroid dienone is 5. The number of hydrogen-bond acceptors (Lipinski definition) is 3. The third kappa shape index (κ3) is 9.01. The maximum atomic E-state index is 12.7. The molecule has 1 aromatic rings. The van der Waals surface area contributed by atoms with Crippen molar-refractivity contribution in [2.24, 2.45) is 0 Å². The Bertz CT molecular complexity index is 846. The standard InChI is InChI=1S/C19H18N2O3.C2H6.V.W/c1-5-8-9-11-21-17(12-14(4)20-21)18(22)13-15(7-3)16(10-6-2)19(23)24;1-2;;/h1,5,8-10,12H,13H2,2-4H3,(H,23,24);1-2H3;;/q-2;;;. The summed E-state index contributed by atoms with van der Waals surface area (Å²) in [4.78, 5) is 24.2. The predicted molar refractivity (Wildman–Crippen MR) is 105 cm³/mol. The molecule has 0 aliphatic rings. The molecule has 0 atom stereocenters. The molecule has 0 aliphatic carbocycles. The number of nitrogens with zero attached hydrogens (tertiary/aromatic N) is 2. The van der Waals surface area contributed by atoms with E-state index in [1.54, 1.807) is 39.0 Å². The van der Waals surface area contributed by atoms with Crippen molar-refractivity contribution >= 4 is 20.4 Å². The van der Waals surface area contributed by atoms with Crippen LogP contribution in [0.15, 0.2) is 41.5 Å². The molecule has 0 aromatic carbocycles. The van der Waals surface area contributed by atoms with Gasteiger partial charge in [-0.15, -0.1) is 0 Å². The number of carbonyl (C=O) groups is 2. The molecule has 149 valence electrons. The Morgan fingerprint density at radius 3 is 2.50 bits per heavy atom. The Hall–Kier alpha value is -1.68. The van der Waals surface area contributed by atoms with E-state index in [0.29, 0.717) is 17.0 Å². The van der Waals surface area contributed by atoms with Crippen LogP contribution in [0, 0.1) is 19.2 Å². The Balaban J connectivity index is 0.00000352. The average molecular weight is 587 g/mol. The summed E-state index contributed by atoms with van der Waals surface area (Å²) in [5.41, 5.74) is 1.43. The molecule has 0 amide bonds. The summed E-state index contributed by atoms with van der Waals surface area (Å²) in [5, 5.41) is 13.7. The second kappa shape index (κ2) is 14.3. The van der Waals surface area contributed by atoms with E-state index in [-0.39, 0.29) is 17.8 Å². The van der Waals surface area contributed by atoms with E-state index in [1.807, 2.05) is 24.3 Å². The van der Waals surface area contributed by atoms with Crippen LogP contribution in [0.25, 0.3) is 0 Å². The molecule has 1 aromatic heterocycles. The molecule has 0 radical (unpaired) electrons. The SMILES string of the molecule is CC.C[C-]=C(CC(=O)c1cc(C)nn1[C-]=CC=C[CH]=[W])C(=C[C](C)=[V])C(=O)O. The van der Waals surface area contributed by atoms with Gasteiger partial charge in [0, 0.05) is 0 Å². The minimum atomic E-state index is -1.09. The zero-order valence-corrected chi connectivity index (χ0v) is 21.0. The Morgan fingerprint density at radius 2 is 2.00 bits per heavy atom. The number of Topliss-reactive ketones (excluding diaryl/α,β-unsaturated/α-hetero) is 1. The number of carboxylic acid groups (broad SMARTS) is 1. The van der Waals surface area contributed by atoms with Crippen LogP contribution in [0.5, 0.6) is 0 Å². The van der Waals surface area contributed by atoms with E-state index in [9.17, 15) is 14.7 Å². The van der Waals surface area contributed by atoms with Gasteiger partial charge in [0.05, 0.1) is 0 Å². The summed E-state index contributed by atoms with van der Waals surface area (Å²) < 4.78 is 4.11. The first-order valence-electron chi connectivity index (χ1n) is 8.61. The van der Waals surface area contributed by atoms with Crippen LogP contribution in [0.3, 0.4) is 0 Å². The van der Waals surface area contributed by atoms with E-state index < -0.39 is 5.97 Å². The second-order valence-corrected chi connectivity index (χ2v) is 7.31. The molecule has 0 saturated heterocycles. The number of carboxylic acids is 1. The molecule has 0 fully saturated rings. The molecule has 1 heterocycles. The van der Waals surface area contributed by atoms with E-state index in [4.69, 9.17) is 0 Å². The topological polar surface area (TPSA) is 72.2 Å². The molecule has 0 saturated carbocycles. The van der Waals surface area contributed by atoms with Crippen LogP contribution in [-0.2, 0) is 41.1 Å². The third-order valence-corrected chi connectivity index (χ3v) is 3.91. The minimum absolute atomic E-state index is 0.0604. The normalized spacial score (nSPS) is 12.0. The van der Waals surface area contributed by atoms with Gasteiger partial charge < -0.3 is 0 Å². The summed E-state index contributed by atoms with van der Waals surface area (Å²) in [6.07, 6.45) is 12.5. The molecule has 0 unspecified atom stereocenters. The van der Waals surface area contributed by atoms with Gasteiger partial charge in [-0.3, -0.25) is 0 Å². The van der Waals surface area contributed by atoms with Crippen LogP contribution in [0.2, 0.25) is 0 Å². The zero-order chi connectivity index (χ0) is 21.7. The summed E-state index contributed by atoms with van der Waals surface area (Å²) in [6, 6.07) is 1.66. The van der Waals surface area contributed by atoms with Crippen molar-refractivity contribution in [3.8, 4) is 0 Å². The number of hydrogen-bond donors (Lipinski definition) is 1. The first kappa shape index (κ1) is 26.3. The van der Waals surface area contributed by atoms with Gasteiger partial charge in [-0.1, -0.05) is 13.8 Å². The fraction of sp³-hybridized carbons (Fsp3) is 0.286. The van der Waals surface area contributed by atoms with Gasteiger partial charge in [-0.2, -0.15) is 0 Å². The fourth-order valence-electron chi connectivity index (χ4n) is 2.07. The van der Waals surface area contributed by atoms with Gasteiger partial charge in [0.15, 0.2) is 0 Å². The molecule has 28 heavy (non-hydrogen) atoms. The third-order valence-electron chi connectivity index (χ3n) is 3.15. The molecular formula is C21H24N2O3VW-2. The number of aryl methyl sites for hydroxylation is 1. The van der Waals surface area contributed by atoms with E-state index in [1.165, 1.54) is 30.1 Å². The summed E-state index contributed by atoms with van der Waals surface area (Å²) >= 11 is 3.62. The van der Waals surface area contributed by atoms with Gasteiger partial charge in [0.1, 0.15) is 0 Å². The molecule has 1 N–H and O–H groups in total. The van der Waals surface area contributed by atoms with Gasteiger partial charge in [0.2, 0.25) is 0 Å². The van der Waals surface area contributed by atoms with Gasteiger partial charge in [0.25, 0.3) is 0 Å². The average Bonchev–Trinajstić information content (AvgIpc) is 3.03. The van der Waals surface area contributed by atoms with E-state index >= 15 is 0 Å². The first-order valence-corrected chi connectivity index (χ1v) is 11.0. The van der Waals surface area contributed by atoms with E-state index in [2.05, 4.69) is 34.4 Å². The quantitative estimate of drug-likeness (QED) is 0.208. The number of rotatable bonds is 9. The van der Waals surface area contributed by atoms with E-state index in [0.717, 1.165) is 4.23 Å². The van der Waals surface area contributed by atoms with Gasteiger partial charge in [-0.05, 0) is 0 Å². The van der Waals surface area contributed by atoms with Crippen molar-refractivity contribution in [2.75, 3.05) is 0 Å². The molecule has 0 spiro atoms. The van der Waals surface area contributed by atoms with Gasteiger partial charge in [-0.25, -0.2) is 0 Å². The Kier molecular flexibility index (Phi) is 13.5. The molecule has 1 rings (SSSR count). The zero-order valence-electron chi connectivity index (χ0n) is 16.7. The number of aromatic nitrogens is 2. The van der Waals surface area contributed by atoms with Crippen LogP contribution >= 0.6 is 0 Å². The molecule has 5 nitrogen and oxygen atoms in total. The Labute approximate surface area is 186 Å². The first-order chi connectivity index (χ1) is 13.3. The summed E-state index contributed by atoms with van der Waals surface area (Å²) in [7, 11) is 0. The van der Waals surface area contributed by atoms with Crippen molar-refractivity contribution in [3.63, 3.8) is 0 Å².